The summed E-state index contributed by atoms with van der Waals surface area (Å²) in [5.41, 5.74) is 7.46. The molecule has 1 heterocycles. The van der Waals surface area contributed by atoms with Crippen LogP contribution in [0.15, 0.2) is 48.5 Å². The molecule has 2 aromatic carbocycles. The van der Waals surface area contributed by atoms with Gasteiger partial charge in [-0.05, 0) is 43.4 Å². The molecule has 2 aromatic rings. The predicted molar refractivity (Wildman–Crippen MR) is 114 cm³/mol. The molecule has 30 heavy (non-hydrogen) atoms. The van der Waals surface area contributed by atoms with E-state index in [0.717, 1.165) is 36.1 Å². The second kappa shape index (κ2) is 7.69. The van der Waals surface area contributed by atoms with Crippen molar-refractivity contribution >= 4 is 23.2 Å². The first kappa shape index (κ1) is 20.3. The molecular formula is C24H26N2O4. The standard InChI is InChI=1S/C24H26N2O4/c1-14-6-4-7-15(12-14)22(28)20(27)13-24(25,23(29)30)21-16-8-2-3-10-18(16)26-19-11-5-9-17(19)21/h2-4,6-8,10,12,17,19,21,26H,5,9,11,13,25H2,1H3,(H,29,30). The summed E-state index contributed by atoms with van der Waals surface area (Å²) in [5.74, 6) is -3.26. The van der Waals surface area contributed by atoms with Gasteiger partial charge in [0.2, 0.25) is 11.6 Å². The fraction of sp³-hybridized carbons (Fsp3) is 0.375. The lowest BCUT2D eigenvalue weighted by Gasteiger charge is -2.44. The summed E-state index contributed by atoms with van der Waals surface area (Å²) in [6, 6.07) is 14.4. The number of fused-ring (bicyclic) bond motifs is 2. The van der Waals surface area contributed by atoms with Gasteiger partial charge in [-0.25, -0.2) is 0 Å². The number of hydrogen-bond donors (Lipinski definition) is 3. The van der Waals surface area contributed by atoms with Crippen LogP contribution in [0, 0.1) is 12.8 Å². The average Bonchev–Trinajstić information content (AvgIpc) is 3.18. The molecule has 0 saturated heterocycles. The quantitative estimate of drug-likeness (QED) is 0.502. The summed E-state index contributed by atoms with van der Waals surface area (Å²) in [5, 5.41) is 13.7. The summed E-state index contributed by atoms with van der Waals surface area (Å²) >= 11 is 0. The number of carboxylic acid groups (broad SMARTS) is 1. The third kappa shape index (κ3) is 3.41. The lowest BCUT2D eigenvalue weighted by atomic mass is 9.66. The Kier molecular flexibility index (Phi) is 5.20. The largest absolute Gasteiger partial charge is 0.480 e. The van der Waals surface area contributed by atoms with Gasteiger partial charge >= 0.3 is 5.97 Å². The van der Waals surface area contributed by atoms with Crippen LogP contribution in [0.1, 0.15) is 53.1 Å². The van der Waals surface area contributed by atoms with Gasteiger partial charge in [-0.2, -0.15) is 0 Å². The van der Waals surface area contributed by atoms with Crippen LogP contribution >= 0.6 is 0 Å². The van der Waals surface area contributed by atoms with E-state index in [0.29, 0.717) is 0 Å². The number of carbonyl (C=O) groups excluding carboxylic acids is 2. The highest BCUT2D eigenvalue weighted by atomic mass is 16.4. The highest BCUT2D eigenvalue weighted by molar-refractivity contribution is 6.44. The van der Waals surface area contributed by atoms with E-state index >= 15 is 0 Å². The smallest absolute Gasteiger partial charge is 0.324 e. The molecule has 1 aliphatic heterocycles. The first-order chi connectivity index (χ1) is 14.3. The Morgan fingerprint density at radius 2 is 1.90 bits per heavy atom. The lowest BCUT2D eigenvalue weighted by Crippen LogP contribution is -2.59. The summed E-state index contributed by atoms with van der Waals surface area (Å²) in [6.45, 7) is 1.83. The van der Waals surface area contributed by atoms with E-state index in [1.165, 1.54) is 0 Å². The Bertz CT molecular complexity index is 1020. The van der Waals surface area contributed by atoms with E-state index in [1.807, 2.05) is 37.3 Å². The molecule has 6 heteroatoms. The number of benzene rings is 2. The van der Waals surface area contributed by atoms with Gasteiger partial charge in [-0.15, -0.1) is 0 Å². The van der Waals surface area contributed by atoms with Crippen LogP contribution in [0.3, 0.4) is 0 Å². The number of rotatable bonds is 6. The van der Waals surface area contributed by atoms with Crippen LogP contribution in [0.4, 0.5) is 5.69 Å². The number of Topliss-reactive ketones (excluding diaryl/α,β-unsaturated/α-hetero) is 2. The van der Waals surface area contributed by atoms with E-state index in [-0.39, 0.29) is 17.5 Å². The molecule has 0 aromatic heterocycles. The molecule has 4 N–H and O–H groups in total. The Morgan fingerprint density at radius 3 is 2.63 bits per heavy atom. The maximum absolute atomic E-state index is 12.9. The van der Waals surface area contributed by atoms with E-state index in [1.54, 1.807) is 18.2 Å². The van der Waals surface area contributed by atoms with Crippen LogP contribution in [0.2, 0.25) is 0 Å². The molecule has 156 valence electrons. The van der Waals surface area contributed by atoms with Crippen molar-refractivity contribution in [1.82, 2.24) is 0 Å². The highest BCUT2D eigenvalue weighted by Gasteiger charge is 2.53. The minimum absolute atomic E-state index is 0.00266. The first-order valence-electron chi connectivity index (χ1n) is 10.3. The zero-order valence-corrected chi connectivity index (χ0v) is 16.9. The molecule has 0 bridgehead atoms. The summed E-state index contributed by atoms with van der Waals surface area (Å²) in [4.78, 5) is 38.1. The maximum Gasteiger partial charge on any atom is 0.324 e. The van der Waals surface area contributed by atoms with Crippen molar-refractivity contribution in [2.75, 3.05) is 5.32 Å². The second-order valence-corrected chi connectivity index (χ2v) is 8.55. The molecule has 1 aliphatic carbocycles. The van der Waals surface area contributed by atoms with Gasteiger partial charge in [-0.3, -0.25) is 14.4 Å². The van der Waals surface area contributed by atoms with E-state index in [4.69, 9.17) is 5.73 Å². The fourth-order valence-corrected chi connectivity index (χ4v) is 5.17. The lowest BCUT2D eigenvalue weighted by molar-refractivity contribution is -0.146. The number of hydrogen-bond acceptors (Lipinski definition) is 5. The van der Waals surface area contributed by atoms with E-state index in [9.17, 15) is 19.5 Å². The molecule has 4 unspecified atom stereocenters. The minimum Gasteiger partial charge on any atom is -0.480 e. The minimum atomic E-state index is -1.86. The Morgan fingerprint density at radius 1 is 1.13 bits per heavy atom. The van der Waals surface area contributed by atoms with Crippen molar-refractivity contribution in [1.29, 1.82) is 0 Å². The van der Waals surface area contributed by atoms with E-state index in [2.05, 4.69) is 5.32 Å². The molecule has 0 spiro atoms. The summed E-state index contributed by atoms with van der Waals surface area (Å²) in [6.07, 6.45) is 2.21. The van der Waals surface area contributed by atoms with Crippen molar-refractivity contribution in [3.8, 4) is 0 Å². The van der Waals surface area contributed by atoms with Crippen molar-refractivity contribution in [2.45, 2.75) is 50.1 Å². The maximum atomic E-state index is 12.9. The molecule has 1 fully saturated rings. The average molecular weight is 406 g/mol. The molecular weight excluding hydrogens is 380 g/mol. The zero-order valence-electron chi connectivity index (χ0n) is 16.9. The Balaban J connectivity index is 1.71. The molecule has 4 atom stereocenters. The van der Waals surface area contributed by atoms with Crippen LogP contribution < -0.4 is 11.1 Å². The SMILES string of the molecule is Cc1cccc(C(=O)C(=O)CC(N)(C(=O)O)C2c3ccccc3NC3CCCC32)c1. The molecule has 1 saturated carbocycles. The second-order valence-electron chi connectivity index (χ2n) is 8.55. The number of anilines is 1. The Labute approximate surface area is 175 Å². The van der Waals surface area contributed by atoms with Gasteiger partial charge in [0.1, 0.15) is 5.54 Å². The first-order valence-corrected chi connectivity index (χ1v) is 10.3. The Hall–Kier alpha value is -2.99. The number of nitrogens with two attached hydrogens (primary N) is 1. The summed E-state index contributed by atoms with van der Waals surface area (Å²) in [7, 11) is 0. The van der Waals surface area contributed by atoms with Crippen LogP contribution in [-0.4, -0.2) is 34.2 Å². The molecule has 0 radical (unpaired) electrons. The van der Waals surface area contributed by atoms with Crippen molar-refractivity contribution in [2.24, 2.45) is 11.7 Å². The number of carbonyl (C=O) groups is 3. The molecule has 0 amide bonds. The zero-order chi connectivity index (χ0) is 21.5. The van der Waals surface area contributed by atoms with Gasteiger partial charge < -0.3 is 16.2 Å². The number of carboxylic acids is 1. The number of nitrogens with one attached hydrogen (secondary N) is 1. The highest BCUT2D eigenvalue weighted by Crippen LogP contribution is 2.50. The van der Waals surface area contributed by atoms with Gasteiger partial charge in [0.15, 0.2) is 0 Å². The van der Waals surface area contributed by atoms with E-state index < -0.39 is 35.4 Å². The van der Waals surface area contributed by atoms with Crippen molar-refractivity contribution in [3.63, 3.8) is 0 Å². The third-order valence-electron chi connectivity index (χ3n) is 6.57. The van der Waals surface area contributed by atoms with Crippen LogP contribution in [0.5, 0.6) is 0 Å². The van der Waals surface area contributed by atoms with Crippen LogP contribution in [-0.2, 0) is 9.59 Å². The summed E-state index contributed by atoms with van der Waals surface area (Å²) < 4.78 is 0. The number of para-hydroxylation sites is 1. The normalized spacial score (nSPS) is 24.1. The monoisotopic (exact) mass is 406 g/mol. The van der Waals surface area contributed by atoms with Crippen LogP contribution in [0.25, 0.3) is 0 Å². The molecule has 4 rings (SSSR count). The topological polar surface area (TPSA) is 109 Å². The number of ketones is 2. The van der Waals surface area contributed by atoms with Gasteiger partial charge in [0.25, 0.3) is 0 Å². The fourth-order valence-electron chi connectivity index (χ4n) is 5.17. The molecule has 6 nitrogen and oxygen atoms in total. The number of aryl methyl sites for hydroxylation is 1. The molecule has 2 aliphatic rings. The third-order valence-corrected chi connectivity index (χ3v) is 6.57. The van der Waals surface area contributed by atoms with Crippen molar-refractivity contribution in [3.05, 3.63) is 65.2 Å². The number of aliphatic carboxylic acids is 1. The van der Waals surface area contributed by atoms with Gasteiger partial charge in [0, 0.05) is 29.6 Å². The van der Waals surface area contributed by atoms with Gasteiger partial charge in [-0.1, -0.05) is 48.4 Å². The van der Waals surface area contributed by atoms with Crippen molar-refractivity contribution < 1.29 is 19.5 Å². The van der Waals surface area contributed by atoms with Gasteiger partial charge in [0.05, 0.1) is 0 Å². The predicted octanol–water partition coefficient (Wildman–Crippen LogP) is 3.30.